The van der Waals surface area contributed by atoms with E-state index in [1.165, 1.54) is 0 Å². The fourth-order valence-corrected chi connectivity index (χ4v) is 2.33. The molecule has 2 aromatic heterocycles. The number of rotatable bonds is 2. The van der Waals surface area contributed by atoms with Crippen LogP contribution >= 0.6 is 11.3 Å². The zero-order valence-corrected chi connectivity index (χ0v) is 10.4. The minimum Gasteiger partial charge on any atom is -0.508 e. The fraction of sp³-hybridized carbons (Fsp3) is 0.0769. The van der Waals surface area contributed by atoms with E-state index in [2.05, 4.69) is 10.1 Å². The Bertz CT molecular complexity index is 674. The lowest BCUT2D eigenvalue weighted by atomic mass is 10.1. The molecule has 4 nitrogen and oxygen atoms in total. The first-order valence-corrected chi connectivity index (χ1v) is 6.35. The Morgan fingerprint density at radius 3 is 2.94 bits per heavy atom. The van der Waals surface area contributed by atoms with E-state index in [9.17, 15) is 5.11 Å². The van der Waals surface area contributed by atoms with Crippen molar-refractivity contribution < 1.29 is 9.63 Å². The summed E-state index contributed by atoms with van der Waals surface area (Å²) in [4.78, 5) is 4.34. The van der Waals surface area contributed by atoms with E-state index in [-0.39, 0.29) is 5.75 Å². The van der Waals surface area contributed by atoms with Gasteiger partial charge in [0.15, 0.2) is 0 Å². The van der Waals surface area contributed by atoms with Crippen LogP contribution < -0.4 is 0 Å². The van der Waals surface area contributed by atoms with Gasteiger partial charge in [-0.05, 0) is 30.5 Å². The van der Waals surface area contributed by atoms with Crippen molar-refractivity contribution in [3.05, 3.63) is 40.6 Å². The molecule has 0 bridgehead atoms. The smallest absolute Gasteiger partial charge is 0.258 e. The Labute approximate surface area is 108 Å². The van der Waals surface area contributed by atoms with Crippen LogP contribution in [0.5, 0.6) is 5.75 Å². The van der Waals surface area contributed by atoms with Crippen molar-refractivity contribution in [1.82, 2.24) is 10.1 Å². The highest BCUT2D eigenvalue weighted by atomic mass is 32.1. The molecule has 0 saturated carbocycles. The Kier molecular flexibility index (Phi) is 2.60. The summed E-state index contributed by atoms with van der Waals surface area (Å²) in [5, 5.41) is 17.5. The molecule has 0 spiro atoms. The first kappa shape index (κ1) is 11.0. The maximum Gasteiger partial charge on any atom is 0.258 e. The lowest BCUT2D eigenvalue weighted by Crippen LogP contribution is -1.84. The van der Waals surface area contributed by atoms with Crippen LogP contribution in [-0.2, 0) is 0 Å². The second-order valence-electron chi connectivity index (χ2n) is 3.88. The summed E-state index contributed by atoms with van der Waals surface area (Å²) in [6.45, 7) is 1.82. The highest BCUT2D eigenvalue weighted by Gasteiger charge is 2.14. The van der Waals surface area contributed by atoms with Crippen LogP contribution in [-0.4, -0.2) is 15.2 Å². The van der Waals surface area contributed by atoms with Crippen LogP contribution in [0.25, 0.3) is 22.8 Å². The van der Waals surface area contributed by atoms with Gasteiger partial charge in [0, 0.05) is 22.1 Å². The molecule has 1 N–H and O–H groups in total. The quantitative estimate of drug-likeness (QED) is 0.764. The average Bonchev–Trinajstić information content (AvgIpc) is 3.01. The Morgan fingerprint density at radius 1 is 1.28 bits per heavy atom. The summed E-state index contributed by atoms with van der Waals surface area (Å²) in [7, 11) is 0. The molecule has 18 heavy (non-hydrogen) atoms. The van der Waals surface area contributed by atoms with Gasteiger partial charge < -0.3 is 9.63 Å². The third-order valence-corrected chi connectivity index (χ3v) is 3.42. The van der Waals surface area contributed by atoms with Crippen LogP contribution in [0.4, 0.5) is 0 Å². The highest BCUT2D eigenvalue weighted by molar-refractivity contribution is 7.08. The number of phenols is 1. The molecule has 1 aromatic carbocycles. The maximum atomic E-state index is 9.66. The summed E-state index contributed by atoms with van der Waals surface area (Å²) >= 11 is 1.58. The predicted octanol–water partition coefficient (Wildman–Crippen LogP) is 3.48. The number of hydrogen-bond donors (Lipinski definition) is 1. The van der Waals surface area contributed by atoms with Gasteiger partial charge in [-0.1, -0.05) is 11.2 Å². The van der Waals surface area contributed by atoms with E-state index in [4.69, 9.17) is 4.52 Å². The summed E-state index contributed by atoms with van der Waals surface area (Å²) in [6, 6.07) is 7.18. The Balaban J connectivity index is 2.06. The summed E-state index contributed by atoms with van der Waals surface area (Å²) < 4.78 is 5.24. The average molecular weight is 258 g/mol. The van der Waals surface area contributed by atoms with Gasteiger partial charge in [-0.3, -0.25) is 0 Å². The van der Waals surface area contributed by atoms with E-state index in [0.29, 0.717) is 11.7 Å². The molecule has 0 atom stereocenters. The second-order valence-corrected chi connectivity index (χ2v) is 4.66. The van der Waals surface area contributed by atoms with Gasteiger partial charge in [-0.25, -0.2) is 0 Å². The molecular formula is C13H10N2O2S. The zero-order valence-electron chi connectivity index (χ0n) is 9.62. The number of hydrogen-bond acceptors (Lipinski definition) is 5. The van der Waals surface area contributed by atoms with E-state index in [0.717, 1.165) is 16.7 Å². The van der Waals surface area contributed by atoms with Crippen molar-refractivity contribution >= 4 is 11.3 Å². The van der Waals surface area contributed by atoms with E-state index in [1.807, 2.05) is 29.8 Å². The predicted molar refractivity (Wildman–Crippen MR) is 69.4 cm³/mol. The van der Waals surface area contributed by atoms with Gasteiger partial charge in [0.2, 0.25) is 5.82 Å². The number of phenolic OH excluding ortho intramolecular Hbond substituents is 1. The van der Waals surface area contributed by atoms with E-state index >= 15 is 0 Å². The lowest BCUT2D eigenvalue weighted by Gasteiger charge is -2.01. The molecule has 0 aliphatic carbocycles. The third-order valence-electron chi connectivity index (χ3n) is 2.74. The third kappa shape index (κ3) is 1.78. The molecule has 0 radical (unpaired) electrons. The first-order chi connectivity index (χ1) is 8.75. The van der Waals surface area contributed by atoms with Gasteiger partial charge in [0.25, 0.3) is 5.89 Å². The molecule has 0 aliphatic heterocycles. The summed E-state index contributed by atoms with van der Waals surface area (Å²) in [5.74, 6) is 1.21. The number of thiophene rings is 1. The van der Waals surface area contributed by atoms with Crippen molar-refractivity contribution in [1.29, 1.82) is 0 Å². The monoisotopic (exact) mass is 258 g/mol. The highest BCUT2D eigenvalue weighted by Crippen LogP contribution is 2.29. The number of benzene rings is 1. The topological polar surface area (TPSA) is 59.2 Å². The minimum atomic E-state index is 0.225. The van der Waals surface area contributed by atoms with Crippen LogP contribution in [0, 0.1) is 6.92 Å². The van der Waals surface area contributed by atoms with Crippen LogP contribution in [0.1, 0.15) is 5.56 Å². The molecule has 0 saturated heterocycles. The number of nitrogens with zero attached hydrogens (tertiary/aromatic N) is 2. The van der Waals surface area contributed by atoms with Gasteiger partial charge in [-0.15, -0.1) is 0 Å². The summed E-state index contributed by atoms with van der Waals surface area (Å²) in [6.07, 6.45) is 0. The molecule has 3 aromatic rings. The molecule has 0 aliphatic rings. The van der Waals surface area contributed by atoms with Gasteiger partial charge in [-0.2, -0.15) is 16.3 Å². The van der Waals surface area contributed by atoms with Gasteiger partial charge >= 0.3 is 0 Å². The zero-order chi connectivity index (χ0) is 12.5. The number of aromatic nitrogens is 2. The van der Waals surface area contributed by atoms with Crippen LogP contribution in [0.3, 0.4) is 0 Å². The molecule has 3 rings (SSSR count). The van der Waals surface area contributed by atoms with Crippen molar-refractivity contribution in [3.8, 4) is 28.6 Å². The standard InChI is InChI=1S/C13H10N2O2S/c1-8-10(3-2-4-11(8)16)13-14-12(15-17-13)9-5-6-18-7-9/h2-7,16H,1H3. The van der Waals surface area contributed by atoms with Crippen molar-refractivity contribution in [2.24, 2.45) is 0 Å². The normalized spacial score (nSPS) is 10.7. The molecule has 90 valence electrons. The second kappa shape index (κ2) is 4.27. The van der Waals surface area contributed by atoms with Gasteiger partial charge in [0.1, 0.15) is 5.75 Å². The van der Waals surface area contributed by atoms with Crippen molar-refractivity contribution in [2.75, 3.05) is 0 Å². The SMILES string of the molecule is Cc1c(O)cccc1-c1nc(-c2ccsc2)no1. The largest absolute Gasteiger partial charge is 0.508 e. The van der Waals surface area contributed by atoms with Crippen LogP contribution in [0.15, 0.2) is 39.5 Å². The minimum absolute atomic E-state index is 0.225. The molecule has 0 unspecified atom stereocenters. The van der Waals surface area contributed by atoms with E-state index < -0.39 is 0 Å². The van der Waals surface area contributed by atoms with E-state index in [1.54, 1.807) is 23.5 Å². The molecule has 0 fully saturated rings. The van der Waals surface area contributed by atoms with Crippen LogP contribution in [0.2, 0.25) is 0 Å². The Morgan fingerprint density at radius 2 is 2.17 bits per heavy atom. The molecule has 0 amide bonds. The molecule has 2 heterocycles. The Hall–Kier alpha value is -2.14. The van der Waals surface area contributed by atoms with Crippen molar-refractivity contribution in [2.45, 2.75) is 6.92 Å². The molecule has 5 heteroatoms. The maximum absolute atomic E-state index is 9.66. The molecular weight excluding hydrogens is 248 g/mol. The number of aromatic hydroxyl groups is 1. The summed E-state index contributed by atoms with van der Waals surface area (Å²) in [5.41, 5.74) is 2.43. The first-order valence-electron chi connectivity index (χ1n) is 5.41. The van der Waals surface area contributed by atoms with Crippen molar-refractivity contribution in [3.63, 3.8) is 0 Å². The van der Waals surface area contributed by atoms with Gasteiger partial charge in [0.05, 0.1) is 0 Å². The lowest BCUT2D eigenvalue weighted by molar-refractivity contribution is 0.431. The fourth-order valence-electron chi connectivity index (χ4n) is 1.70.